The number of benzene rings is 1. The molecule has 0 aliphatic rings. The molecular formula is C17H16N4O4S. The Bertz CT molecular complexity index is 1090. The lowest BCUT2D eigenvalue weighted by Crippen LogP contribution is -2.23. The van der Waals surface area contributed by atoms with E-state index in [1.807, 2.05) is 6.92 Å². The van der Waals surface area contributed by atoms with Gasteiger partial charge in [0.1, 0.15) is 0 Å². The molecule has 1 amide bonds. The van der Waals surface area contributed by atoms with Crippen molar-refractivity contribution < 1.29 is 14.1 Å². The fourth-order valence-electron chi connectivity index (χ4n) is 2.61. The lowest BCUT2D eigenvalue weighted by Gasteiger charge is -2.13. The van der Waals surface area contributed by atoms with Crippen LogP contribution >= 0.6 is 0 Å². The van der Waals surface area contributed by atoms with Crippen LogP contribution in [0.1, 0.15) is 12.5 Å². The first-order valence-corrected chi connectivity index (χ1v) is 9.32. The van der Waals surface area contributed by atoms with E-state index in [9.17, 15) is 13.8 Å². The van der Waals surface area contributed by atoms with Crippen molar-refractivity contribution in [3.63, 3.8) is 0 Å². The normalized spacial score (nSPS) is 12.1. The van der Waals surface area contributed by atoms with Gasteiger partial charge in [-0.1, -0.05) is 13.0 Å². The SMILES string of the molecule is CCc1cc2cnc(S(C)=O)nc2n(-c2cccc(NC(=O)O)c2)c1=O. The molecule has 0 saturated carbocycles. The number of pyridine rings is 1. The molecule has 3 rings (SSSR count). The van der Waals surface area contributed by atoms with Gasteiger partial charge in [-0.3, -0.25) is 18.9 Å². The number of aryl methyl sites for hydroxylation is 1. The third-order valence-electron chi connectivity index (χ3n) is 3.79. The first kappa shape index (κ1) is 17.7. The quantitative estimate of drug-likeness (QED) is 0.679. The number of rotatable bonds is 4. The maximum Gasteiger partial charge on any atom is 0.409 e. The number of carbonyl (C=O) groups is 1. The highest BCUT2D eigenvalue weighted by atomic mass is 32.2. The number of anilines is 1. The van der Waals surface area contributed by atoms with Gasteiger partial charge in [-0.15, -0.1) is 0 Å². The van der Waals surface area contributed by atoms with Crippen LogP contribution in [0.4, 0.5) is 10.5 Å². The molecule has 9 heteroatoms. The number of aromatic nitrogens is 3. The molecule has 2 aromatic heterocycles. The number of hydrogen-bond acceptors (Lipinski definition) is 5. The third-order valence-corrected chi connectivity index (χ3v) is 4.50. The van der Waals surface area contributed by atoms with E-state index in [0.29, 0.717) is 34.4 Å². The summed E-state index contributed by atoms with van der Waals surface area (Å²) in [5.74, 6) is 0. The second-order valence-electron chi connectivity index (χ2n) is 5.53. The van der Waals surface area contributed by atoms with E-state index in [2.05, 4.69) is 15.3 Å². The molecular weight excluding hydrogens is 356 g/mol. The molecule has 0 spiro atoms. The Hall–Kier alpha value is -3.07. The van der Waals surface area contributed by atoms with Crippen LogP contribution in [0.25, 0.3) is 16.7 Å². The number of carboxylic acid groups (broad SMARTS) is 1. The van der Waals surface area contributed by atoms with E-state index in [1.165, 1.54) is 17.0 Å². The summed E-state index contributed by atoms with van der Waals surface area (Å²) in [5.41, 5.74) is 1.40. The summed E-state index contributed by atoms with van der Waals surface area (Å²) in [6.07, 6.45) is 2.31. The predicted octanol–water partition coefficient (Wildman–Crippen LogP) is 2.17. The maximum atomic E-state index is 12.9. The Morgan fingerprint density at radius 3 is 2.77 bits per heavy atom. The second-order valence-corrected chi connectivity index (χ2v) is 6.80. The van der Waals surface area contributed by atoms with Crippen molar-refractivity contribution >= 4 is 33.6 Å². The van der Waals surface area contributed by atoms with E-state index in [0.717, 1.165) is 0 Å². The van der Waals surface area contributed by atoms with Crippen molar-refractivity contribution in [2.75, 3.05) is 11.6 Å². The maximum absolute atomic E-state index is 12.9. The minimum atomic E-state index is -1.40. The molecule has 0 fully saturated rings. The molecule has 0 aliphatic heterocycles. The van der Waals surface area contributed by atoms with Crippen molar-refractivity contribution in [2.24, 2.45) is 0 Å². The molecule has 2 heterocycles. The monoisotopic (exact) mass is 372 g/mol. The van der Waals surface area contributed by atoms with Crippen LogP contribution in [0.3, 0.4) is 0 Å². The van der Waals surface area contributed by atoms with Crippen LogP contribution in [0.2, 0.25) is 0 Å². The van der Waals surface area contributed by atoms with E-state index in [1.54, 1.807) is 30.3 Å². The minimum absolute atomic E-state index is 0.120. The summed E-state index contributed by atoms with van der Waals surface area (Å²) in [5, 5.41) is 11.9. The van der Waals surface area contributed by atoms with Crippen LogP contribution in [0.15, 0.2) is 46.5 Å². The molecule has 134 valence electrons. The van der Waals surface area contributed by atoms with E-state index < -0.39 is 16.9 Å². The lowest BCUT2D eigenvalue weighted by molar-refractivity contribution is 0.210. The molecule has 0 bridgehead atoms. The topological polar surface area (TPSA) is 114 Å². The zero-order valence-electron chi connectivity index (χ0n) is 14.1. The first-order chi connectivity index (χ1) is 12.4. The summed E-state index contributed by atoms with van der Waals surface area (Å²) < 4.78 is 13.1. The van der Waals surface area contributed by atoms with Gasteiger partial charge in [0.05, 0.1) is 16.5 Å². The average molecular weight is 372 g/mol. The lowest BCUT2D eigenvalue weighted by atomic mass is 10.1. The van der Waals surface area contributed by atoms with Gasteiger partial charge in [0.2, 0.25) is 5.16 Å². The second kappa shape index (κ2) is 7.04. The Kier molecular flexibility index (Phi) is 4.81. The van der Waals surface area contributed by atoms with Crippen LogP contribution in [-0.4, -0.2) is 36.2 Å². The van der Waals surface area contributed by atoms with Gasteiger partial charge in [0.25, 0.3) is 5.56 Å². The van der Waals surface area contributed by atoms with Gasteiger partial charge in [-0.2, -0.15) is 0 Å². The van der Waals surface area contributed by atoms with Crippen molar-refractivity contribution in [3.05, 3.63) is 52.4 Å². The van der Waals surface area contributed by atoms with E-state index in [4.69, 9.17) is 5.11 Å². The predicted molar refractivity (Wildman–Crippen MR) is 98.5 cm³/mol. The van der Waals surface area contributed by atoms with E-state index >= 15 is 0 Å². The van der Waals surface area contributed by atoms with Gasteiger partial charge < -0.3 is 5.11 Å². The van der Waals surface area contributed by atoms with Gasteiger partial charge in [-0.25, -0.2) is 14.8 Å². The Labute approximate surface area is 151 Å². The third kappa shape index (κ3) is 3.33. The summed E-state index contributed by atoms with van der Waals surface area (Å²) >= 11 is 0. The fourth-order valence-corrected chi connectivity index (χ4v) is 3.03. The Balaban J connectivity index is 2.34. The molecule has 0 radical (unpaired) electrons. The van der Waals surface area contributed by atoms with Crippen molar-refractivity contribution in [3.8, 4) is 5.69 Å². The first-order valence-electron chi connectivity index (χ1n) is 7.76. The highest BCUT2D eigenvalue weighted by Crippen LogP contribution is 2.19. The van der Waals surface area contributed by atoms with Gasteiger partial charge in [-0.05, 0) is 30.7 Å². The fraction of sp³-hybridized carbons (Fsp3) is 0.176. The minimum Gasteiger partial charge on any atom is -0.465 e. The molecule has 0 saturated heterocycles. The number of nitrogens with zero attached hydrogens (tertiary/aromatic N) is 3. The molecule has 0 aliphatic carbocycles. The van der Waals surface area contributed by atoms with Crippen LogP contribution in [-0.2, 0) is 17.2 Å². The summed E-state index contributed by atoms with van der Waals surface area (Å²) in [6.45, 7) is 1.87. The van der Waals surface area contributed by atoms with Crippen LogP contribution in [0, 0.1) is 0 Å². The zero-order valence-corrected chi connectivity index (χ0v) is 14.9. The van der Waals surface area contributed by atoms with E-state index in [-0.39, 0.29) is 10.7 Å². The highest BCUT2D eigenvalue weighted by Gasteiger charge is 2.14. The summed E-state index contributed by atoms with van der Waals surface area (Å²) in [6, 6.07) is 8.15. The van der Waals surface area contributed by atoms with Crippen molar-refractivity contribution in [1.82, 2.24) is 14.5 Å². The summed E-state index contributed by atoms with van der Waals surface area (Å²) in [7, 11) is -1.40. The Morgan fingerprint density at radius 2 is 2.12 bits per heavy atom. The average Bonchev–Trinajstić information content (AvgIpc) is 2.60. The number of fused-ring (bicyclic) bond motifs is 1. The standard InChI is InChI=1S/C17H16N4O4S/c1-3-10-7-11-9-18-16(26(2)25)20-14(11)21(15(10)22)13-6-4-5-12(8-13)19-17(23)24/h4-9,19H,3H2,1-2H3,(H,23,24). The van der Waals surface area contributed by atoms with Crippen molar-refractivity contribution in [2.45, 2.75) is 18.5 Å². The number of amides is 1. The molecule has 1 atom stereocenters. The molecule has 3 aromatic rings. The molecule has 26 heavy (non-hydrogen) atoms. The molecule has 8 nitrogen and oxygen atoms in total. The Morgan fingerprint density at radius 1 is 1.35 bits per heavy atom. The number of hydrogen-bond donors (Lipinski definition) is 2. The smallest absolute Gasteiger partial charge is 0.409 e. The van der Waals surface area contributed by atoms with Gasteiger partial charge in [0, 0.05) is 29.1 Å². The van der Waals surface area contributed by atoms with Gasteiger partial charge >= 0.3 is 6.09 Å². The molecule has 1 aromatic carbocycles. The highest BCUT2D eigenvalue weighted by molar-refractivity contribution is 7.84. The molecule has 2 N–H and O–H groups in total. The van der Waals surface area contributed by atoms with Gasteiger partial charge in [0.15, 0.2) is 5.65 Å². The van der Waals surface area contributed by atoms with Crippen LogP contribution in [0.5, 0.6) is 0 Å². The number of nitrogens with one attached hydrogen (secondary N) is 1. The molecule has 1 unspecified atom stereocenters. The largest absolute Gasteiger partial charge is 0.465 e. The van der Waals surface area contributed by atoms with Crippen molar-refractivity contribution in [1.29, 1.82) is 0 Å². The van der Waals surface area contributed by atoms with Crippen LogP contribution < -0.4 is 10.9 Å². The zero-order chi connectivity index (χ0) is 18.8. The summed E-state index contributed by atoms with van der Waals surface area (Å²) in [4.78, 5) is 32.2.